The molecule has 2 aromatic heterocycles. The monoisotopic (exact) mass is 283 g/mol. The minimum absolute atomic E-state index is 0.246. The lowest BCUT2D eigenvalue weighted by molar-refractivity contribution is 0.174. The van der Waals surface area contributed by atoms with Crippen LogP contribution in [-0.4, -0.2) is 16.6 Å². The van der Waals surface area contributed by atoms with Gasteiger partial charge in [-0.2, -0.15) is 5.10 Å². The summed E-state index contributed by atoms with van der Waals surface area (Å²) in [6, 6.07) is 7.60. The summed E-state index contributed by atoms with van der Waals surface area (Å²) in [5.41, 5.74) is 9.64. The second-order valence-electron chi connectivity index (χ2n) is 4.81. The fourth-order valence-corrected chi connectivity index (χ4v) is 2.47. The van der Waals surface area contributed by atoms with Gasteiger partial charge in [0, 0.05) is 12.6 Å². The molecule has 0 atom stereocenters. The molecular formula is C15H13N3O3. The maximum absolute atomic E-state index is 6.18. The first kappa shape index (κ1) is 11.9. The molecule has 6 nitrogen and oxygen atoms in total. The molecule has 4 rings (SSSR count). The molecule has 106 valence electrons. The highest BCUT2D eigenvalue weighted by atomic mass is 16.7. The Bertz CT molecular complexity index is 806. The van der Waals surface area contributed by atoms with Crippen molar-refractivity contribution < 1.29 is 13.9 Å². The lowest BCUT2D eigenvalue weighted by atomic mass is 10.0. The Kier molecular flexibility index (Phi) is 2.44. The van der Waals surface area contributed by atoms with E-state index >= 15 is 0 Å². The number of furan rings is 1. The summed E-state index contributed by atoms with van der Waals surface area (Å²) in [7, 11) is 1.81. The maximum Gasteiger partial charge on any atom is 0.231 e. The Morgan fingerprint density at radius 3 is 2.81 bits per heavy atom. The molecule has 0 radical (unpaired) electrons. The van der Waals surface area contributed by atoms with Crippen molar-refractivity contribution in [2.75, 3.05) is 12.5 Å². The summed E-state index contributed by atoms with van der Waals surface area (Å²) in [5.74, 6) is 2.05. The number of rotatable bonds is 2. The number of fused-ring (bicyclic) bond motifs is 1. The fourth-order valence-electron chi connectivity index (χ4n) is 2.47. The zero-order valence-corrected chi connectivity index (χ0v) is 11.4. The maximum atomic E-state index is 6.18. The first-order chi connectivity index (χ1) is 10.2. The number of aromatic nitrogens is 2. The molecule has 1 aliphatic rings. The number of nitrogen functional groups attached to an aromatic ring is 1. The first-order valence-electron chi connectivity index (χ1n) is 6.49. The lowest BCUT2D eigenvalue weighted by Crippen LogP contribution is -1.98. The number of nitrogens with zero attached hydrogens (tertiary/aromatic N) is 2. The zero-order chi connectivity index (χ0) is 14.4. The van der Waals surface area contributed by atoms with E-state index in [-0.39, 0.29) is 6.79 Å². The van der Waals surface area contributed by atoms with E-state index in [0.29, 0.717) is 11.6 Å². The Labute approximate surface area is 120 Å². The second kappa shape index (κ2) is 4.31. The van der Waals surface area contributed by atoms with E-state index in [4.69, 9.17) is 19.6 Å². The molecule has 3 aromatic rings. The van der Waals surface area contributed by atoms with E-state index in [1.807, 2.05) is 31.3 Å². The molecule has 6 heteroatoms. The van der Waals surface area contributed by atoms with Crippen molar-refractivity contribution in [2.45, 2.75) is 0 Å². The molecule has 1 aromatic carbocycles. The predicted octanol–water partition coefficient (Wildman–Crippen LogP) is 2.66. The number of benzene rings is 1. The SMILES string of the molecule is Cn1nc(-c2ccoc2)c(-c2ccc3c(c2)OCO3)c1N. The average Bonchev–Trinajstić information content (AvgIpc) is 3.20. The van der Waals surface area contributed by atoms with Crippen molar-refractivity contribution in [2.24, 2.45) is 7.05 Å². The summed E-state index contributed by atoms with van der Waals surface area (Å²) in [6.45, 7) is 0.246. The third-order valence-electron chi connectivity index (χ3n) is 3.55. The minimum atomic E-state index is 0.246. The van der Waals surface area contributed by atoms with E-state index in [1.54, 1.807) is 17.2 Å². The van der Waals surface area contributed by atoms with Gasteiger partial charge >= 0.3 is 0 Å². The fraction of sp³-hybridized carbons (Fsp3) is 0.133. The van der Waals surface area contributed by atoms with Crippen molar-refractivity contribution in [1.82, 2.24) is 9.78 Å². The van der Waals surface area contributed by atoms with Gasteiger partial charge in [-0.3, -0.25) is 4.68 Å². The number of ether oxygens (including phenoxy) is 2. The molecule has 21 heavy (non-hydrogen) atoms. The van der Waals surface area contributed by atoms with E-state index < -0.39 is 0 Å². The predicted molar refractivity (Wildman–Crippen MR) is 76.9 cm³/mol. The molecule has 0 fully saturated rings. The summed E-state index contributed by atoms with van der Waals surface area (Å²) in [4.78, 5) is 0. The van der Waals surface area contributed by atoms with Crippen LogP contribution >= 0.6 is 0 Å². The number of hydrogen-bond donors (Lipinski definition) is 1. The van der Waals surface area contributed by atoms with Gasteiger partial charge in [0.25, 0.3) is 0 Å². The molecule has 0 aliphatic carbocycles. The van der Waals surface area contributed by atoms with Crippen LogP contribution in [0.25, 0.3) is 22.4 Å². The standard InChI is InChI=1S/C15H13N3O3/c1-18-15(16)13(14(17-18)10-4-5-19-7-10)9-2-3-11-12(6-9)21-8-20-11/h2-7H,8,16H2,1H3. The molecule has 0 saturated heterocycles. The van der Waals surface area contributed by atoms with Crippen LogP contribution in [0.4, 0.5) is 5.82 Å². The molecular weight excluding hydrogens is 270 g/mol. The van der Waals surface area contributed by atoms with Gasteiger partial charge < -0.3 is 19.6 Å². The number of nitrogens with two attached hydrogens (primary N) is 1. The highest BCUT2D eigenvalue weighted by Gasteiger charge is 2.21. The summed E-state index contributed by atoms with van der Waals surface area (Å²) >= 11 is 0. The molecule has 0 bridgehead atoms. The van der Waals surface area contributed by atoms with Crippen LogP contribution in [0.3, 0.4) is 0 Å². The van der Waals surface area contributed by atoms with E-state index in [0.717, 1.165) is 28.1 Å². The van der Waals surface area contributed by atoms with Gasteiger partial charge in [0.15, 0.2) is 11.5 Å². The van der Waals surface area contributed by atoms with Crippen molar-refractivity contribution in [3.63, 3.8) is 0 Å². The van der Waals surface area contributed by atoms with Crippen LogP contribution in [0.5, 0.6) is 11.5 Å². The summed E-state index contributed by atoms with van der Waals surface area (Å²) in [6.07, 6.45) is 3.27. The molecule has 3 heterocycles. The Morgan fingerprint density at radius 1 is 1.14 bits per heavy atom. The van der Waals surface area contributed by atoms with Gasteiger partial charge in [-0.25, -0.2) is 0 Å². The highest BCUT2D eigenvalue weighted by molar-refractivity contribution is 5.88. The molecule has 0 unspecified atom stereocenters. The van der Waals surface area contributed by atoms with Gasteiger partial charge in [0.1, 0.15) is 11.5 Å². The van der Waals surface area contributed by atoms with Gasteiger partial charge in [0.2, 0.25) is 6.79 Å². The van der Waals surface area contributed by atoms with Crippen molar-refractivity contribution in [1.29, 1.82) is 0 Å². The molecule has 1 aliphatic heterocycles. The third kappa shape index (κ3) is 1.76. The summed E-state index contributed by atoms with van der Waals surface area (Å²) in [5, 5.41) is 4.48. The topological polar surface area (TPSA) is 75.4 Å². The van der Waals surface area contributed by atoms with Gasteiger partial charge in [-0.05, 0) is 23.8 Å². The van der Waals surface area contributed by atoms with Crippen molar-refractivity contribution in [3.8, 4) is 33.9 Å². The molecule has 0 amide bonds. The van der Waals surface area contributed by atoms with Crippen LogP contribution in [-0.2, 0) is 7.05 Å². The van der Waals surface area contributed by atoms with Gasteiger partial charge in [0.05, 0.1) is 18.1 Å². The smallest absolute Gasteiger partial charge is 0.231 e. The average molecular weight is 283 g/mol. The first-order valence-corrected chi connectivity index (χ1v) is 6.49. The van der Waals surface area contributed by atoms with Gasteiger partial charge in [-0.1, -0.05) is 6.07 Å². The highest BCUT2D eigenvalue weighted by Crippen LogP contribution is 2.41. The zero-order valence-electron chi connectivity index (χ0n) is 11.4. The Morgan fingerprint density at radius 2 is 2.00 bits per heavy atom. The van der Waals surface area contributed by atoms with Crippen LogP contribution in [0.2, 0.25) is 0 Å². The van der Waals surface area contributed by atoms with Crippen LogP contribution in [0, 0.1) is 0 Å². The normalized spacial score (nSPS) is 12.8. The van der Waals surface area contributed by atoms with E-state index in [2.05, 4.69) is 5.10 Å². The number of anilines is 1. The number of aryl methyl sites for hydroxylation is 1. The number of hydrogen-bond acceptors (Lipinski definition) is 5. The van der Waals surface area contributed by atoms with Crippen LogP contribution in [0.1, 0.15) is 0 Å². The second-order valence-corrected chi connectivity index (χ2v) is 4.81. The Hall–Kier alpha value is -2.89. The molecule has 0 spiro atoms. The molecule has 2 N–H and O–H groups in total. The largest absolute Gasteiger partial charge is 0.472 e. The minimum Gasteiger partial charge on any atom is -0.472 e. The third-order valence-corrected chi connectivity index (χ3v) is 3.55. The van der Waals surface area contributed by atoms with Crippen molar-refractivity contribution in [3.05, 3.63) is 36.8 Å². The van der Waals surface area contributed by atoms with Crippen molar-refractivity contribution >= 4 is 5.82 Å². The van der Waals surface area contributed by atoms with Crippen LogP contribution < -0.4 is 15.2 Å². The van der Waals surface area contributed by atoms with E-state index in [1.165, 1.54) is 0 Å². The lowest BCUT2D eigenvalue weighted by Gasteiger charge is -2.04. The molecule has 0 saturated carbocycles. The summed E-state index contributed by atoms with van der Waals surface area (Å²) < 4.78 is 17.6. The van der Waals surface area contributed by atoms with Crippen LogP contribution in [0.15, 0.2) is 41.2 Å². The Balaban J connectivity index is 1.92. The quantitative estimate of drug-likeness (QED) is 0.782. The van der Waals surface area contributed by atoms with Gasteiger partial charge in [-0.15, -0.1) is 0 Å². The van der Waals surface area contributed by atoms with E-state index in [9.17, 15) is 0 Å².